The van der Waals surface area contributed by atoms with Crippen LogP contribution in [0, 0.1) is 56.7 Å². The van der Waals surface area contributed by atoms with E-state index in [1.807, 2.05) is 0 Å². The Kier molecular flexibility index (Phi) is 13.1. The molecule has 0 bridgehead atoms. The van der Waals surface area contributed by atoms with Crippen molar-refractivity contribution in [2.45, 2.75) is 209 Å². The molecule has 0 aliphatic heterocycles. The van der Waals surface area contributed by atoms with Crippen molar-refractivity contribution in [2.24, 2.45) is 56.7 Å². The van der Waals surface area contributed by atoms with Gasteiger partial charge in [0.25, 0.3) is 0 Å². The van der Waals surface area contributed by atoms with Gasteiger partial charge in [0.05, 0.1) is 12.7 Å². The summed E-state index contributed by atoms with van der Waals surface area (Å²) in [5.41, 5.74) is 1.49. The van der Waals surface area contributed by atoms with Crippen LogP contribution in [-0.2, 0) is 9.53 Å². The van der Waals surface area contributed by atoms with E-state index in [0.29, 0.717) is 36.0 Å². The van der Waals surface area contributed by atoms with E-state index in [4.69, 9.17) is 4.74 Å². The second-order valence-electron chi connectivity index (χ2n) is 20.2. The number of aliphatic hydroxyl groups is 2. The minimum absolute atomic E-state index is 0.00955. The number of carbonyl (C=O) groups is 1. The Bertz CT molecular complexity index is 1160. The smallest absolute Gasteiger partial charge is 0.306 e. The number of aliphatic hydroxyl groups excluding tert-OH is 2. The fourth-order valence-corrected chi connectivity index (χ4v) is 14.1. The average molecular weight is 697 g/mol. The monoisotopic (exact) mass is 697 g/mol. The van der Waals surface area contributed by atoms with Crippen LogP contribution in [0.2, 0.25) is 0 Å². The first kappa shape index (κ1) is 40.3. The molecule has 5 aliphatic rings. The zero-order valence-electron chi connectivity index (χ0n) is 34.1. The summed E-state index contributed by atoms with van der Waals surface area (Å²) in [6, 6.07) is 0. The molecule has 0 radical (unpaired) electrons. The quantitative estimate of drug-likeness (QED) is 0.0957. The van der Waals surface area contributed by atoms with Gasteiger partial charge in [0.1, 0.15) is 6.10 Å². The molecule has 50 heavy (non-hydrogen) atoms. The third-order valence-electron chi connectivity index (χ3n) is 17.3. The Balaban J connectivity index is 1.14. The molecule has 4 fully saturated rings. The summed E-state index contributed by atoms with van der Waals surface area (Å²) in [6.07, 6.45) is 28.4. The first-order valence-electron chi connectivity index (χ1n) is 21.9. The molecular formula is C46H80O4. The number of hydrogen-bond donors (Lipinski definition) is 2. The number of ether oxygens (including phenoxy) is 1. The van der Waals surface area contributed by atoms with Crippen molar-refractivity contribution in [3.05, 3.63) is 11.6 Å². The summed E-state index contributed by atoms with van der Waals surface area (Å²) >= 11 is 0. The minimum Gasteiger partial charge on any atom is -0.462 e. The lowest BCUT2D eigenvalue weighted by Gasteiger charge is -2.74. The SMILES string of the molecule is CCCCCCCCCCCCCCCC(=O)OC1CCC2(C)C(CCC3(C)C2CCC2C4C(C)C(CO)=CCC4(C)C(O)CC23C)C1(C)C. The lowest BCUT2D eigenvalue weighted by molar-refractivity contribution is -0.268. The molecular weight excluding hydrogens is 617 g/mol. The van der Waals surface area contributed by atoms with Gasteiger partial charge in [0.15, 0.2) is 0 Å². The molecule has 4 nitrogen and oxygen atoms in total. The molecule has 5 aliphatic carbocycles. The standard InChI is InChI=1S/C46H80O4/c1-9-10-11-12-13-14-15-16-17-18-19-20-21-22-40(49)50-39-27-29-43(5)36(42(39,3)4)26-30-45(7)37(43)24-23-35-41-33(2)34(32-47)25-28-44(41,6)38(48)31-46(35,45)8/h25,33,35-39,41,47-48H,9-24,26-32H2,1-8H3. The van der Waals surface area contributed by atoms with E-state index in [0.717, 1.165) is 38.5 Å². The second kappa shape index (κ2) is 16.2. The lowest BCUT2D eigenvalue weighted by atomic mass is 9.31. The minimum atomic E-state index is -0.310. The highest BCUT2D eigenvalue weighted by molar-refractivity contribution is 5.69. The van der Waals surface area contributed by atoms with E-state index in [-0.39, 0.29) is 51.9 Å². The number of unbranched alkanes of at least 4 members (excludes halogenated alkanes) is 12. The molecule has 0 heterocycles. The highest BCUT2D eigenvalue weighted by Gasteiger charge is 2.71. The van der Waals surface area contributed by atoms with Gasteiger partial charge >= 0.3 is 5.97 Å². The van der Waals surface area contributed by atoms with Crippen LogP contribution in [0.3, 0.4) is 0 Å². The molecule has 4 heteroatoms. The maximum absolute atomic E-state index is 13.2. The summed E-state index contributed by atoms with van der Waals surface area (Å²) < 4.78 is 6.39. The number of rotatable bonds is 16. The van der Waals surface area contributed by atoms with E-state index in [1.54, 1.807) is 0 Å². The number of hydrogen-bond acceptors (Lipinski definition) is 4. The maximum Gasteiger partial charge on any atom is 0.306 e. The molecule has 5 rings (SSSR count). The highest BCUT2D eigenvalue weighted by atomic mass is 16.5. The van der Waals surface area contributed by atoms with Crippen LogP contribution in [0.1, 0.15) is 197 Å². The third kappa shape index (κ3) is 7.31. The van der Waals surface area contributed by atoms with Gasteiger partial charge in [0, 0.05) is 17.3 Å². The predicted molar refractivity (Wildman–Crippen MR) is 208 cm³/mol. The van der Waals surface area contributed by atoms with E-state index in [2.05, 4.69) is 61.5 Å². The Morgan fingerprint density at radius 1 is 0.760 bits per heavy atom. The summed E-state index contributed by atoms with van der Waals surface area (Å²) in [5, 5.41) is 22.2. The molecule has 288 valence electrons. The molecule has 2 N–H and O–H groups in total. The Labute approximate surface area is 308 Å². The lowest BCUT2D eigenvalue weighted by Crippen LogP contribution is -2.69. The maximum atomic E-state index is 13.2. The van der Waals surface area contributed by atoms with Gasteiger partial charge < -0.3 is 14.9 Å². The van der Waals surface area contributed by atoms with Crippen LogP contribution in [0.5, 0.6) is 0 Å². The second-order valence-corrected chi connectivity index (χ2v) is 20.2. The van der Waals surface area contributed by atoms with Crippen LogP contribution in [-0.4, -0.2) is 35.0 Å². The Morgan fingerprint density at radius 3 is 1.96 bits per heavy atom. The van der Waals surface area contributed by atoms with Crippen molar-refractivity contribution in [2.75, 3.05) is 6.61 Å². The van der Waals surface area contributed by atoms with Crippen molar-refractivity contribution < 1.29 is 19.7 Å². The van der Waals surface area contributed by atoms with Gasteiger partial charge in [-0.05, 0) is 109 Å². The Hall–Kier alpha value is -0.870. The molecule has 11 unspecified atom stereocenters. The van der Waals surface area contributed by atoms with Gasteiger partial charge in [-0.3, -0.25) is 4.79 Å². The molecule has 0 amide bonds. The number of allylic oxidation sites excluding steroid dienone is 1. The van der Waals surface area contributed by atoms with Crippen molar-refractivity contribution in [1.82, 2.24) is 0 Å². The molecule has 0 saturated heterocycles. The highest BCUT2D eigenvalue weighted by Crippen LogP contribution is 2.76. The van der Waals surface area contributed by atoms with E-state index in [1.165, 1.54) is 102 Å². The molecule has 0 aromatic rings. The fraction of sp³-hybridized carbons (Fsp3) is 0.935. The number of fused-ring (bicyclic) bond motifs is 7. The molecule has 11 atom stereocenters. The van der Waals surface area contributed by atoms with E-state index >= 15 is 0 Å². The van der Waals surface area contributed by atoms with Crippen molar-refractivity contribution in [3.63, 3.8) is 0 Å². The average Bonchev–Trinajstić information content (AvgIpc) is 3.06. The topological polar surface area (TPSA) is 66.8 Å². The fourth-order valence-electron chi connectivity index (χ4n) is 14.1. The van der Waals surface area contributed by atoms with Crippen molar-refractivity contribution in [1.29, 1.82) is 0 Å². The van der Waals surface area contributed by atoms with Gasteiger partial charge in [-0.2, -0.15) is 0 Å². The van der Waals surface area contributed by atoms with Crippen molar-refractivity contribution in [3.8, 4) is 0 Å². The normalized spacial score (nSPS) is 42.0. The van der Waals surface area contributed by atoms with Crippen LogP contribution < -0.4 is 0 Å². The summed E-state index contributed by atoms with van der Waals surface area (Å²) in [7, 11) is 0. The zero-order valence-corrected chi connectivity index (χ0v) is 34.1. The molecule has 0 aromatic heterocycles. The van der Waals surface area contributed by atoms with Gasteiger partial charge in [-0.1, -0.05) is 139 Å². The van der Waals surface area contributed by atoms with Gasteiger partial charge in [-0.25, -0.2) is 0 Å². The Morgan fingerprint density at radius 2 is 1.36 bits per heavy atom. The molecule has 4 saturated carbocycles. The molecule has 0 aromatic carbocycles. The van der Waals surface area contributed by atoms with Crippen molar-refractivity contribution >= 4 is 5.97 Å². The third-order valence-corrected chi connectivity index (χ3v) is 17.3. The van der Waals surface area contributed by atoms with Gasteiger partial charge in [0.2, 0.25) is 0 Å². The van der Waals surface area contributed by atoms with E-state index < -0.39 is 0 Å². The van der Waals surface area contributed by atoms with Crippen LogP contribution >= 0.6 is 0 Å². The first-order chi connectivity index (χ1) is 23.7. The van der Waals surface area contributed by atoms with E-state index in [9.17, 15) is 15.0 Å². The number of esters is 1. The molecule has 0 spiro atoms. The van der Waals surface area contributed by atoms with Crippen LogP contribution in [0.15, 0.2) is 11.6 Å². The number of carbonyl (C=O) groups excluding carboxylic acids is 1. The summed E-state index contributed by atoms with van der Waals surface area (Å²) in [5.74, 6) is 2.47. The zero-order chi connectivity index (χ0) is 36.4. The first-order valence-corrected chi connectivity index (χ1v) is 21.9. The van der Waals surface area contributed by atoms with Gasteiger partial charge in [-0.15, -0.1) is 0 Å². The van der Waals surface area contributed by atoms with Crippen LogP contribution in [0.25, 0.3) is 0 Å². The predicted octanol–water partition coefficient (Wildman–Crippen LogP) is 12.0. The summed E-state index contributed by atoms with van der Waals surface area (Å²) in [4.78, 5) is 13.2. The largest absolute Gasteiger partial charge is 0.462 e. The summed E-state index contributed by atoms with van der Waals surface area (Å²) in [6.45, 7) is 19.7. The van der Waals surface area contributed by atoms with Crippen LogP contribution in [0.4, 0.5) is 0 Å².